The van der Waals surface area contributed by atoms with Crippen LogP contribution in [0.3, 0.4) is 0 Å². The zero-order valence-corrected chi connectivity index (χ0v) is 19.6. The van der Waals surface area contributed by atoms with Gasteiger partial charge >= 0.3 is 0 Å². The third-order valence-corrected chi connectivity index (χ3v) is 6.55. The van der Waals surface area contributed by atoms with Crippen LogP contribution in [-0.2, 0) is 32.6 Å². The molecule has 1 N–H and O–H groups in total. The Morgan fingerprint density at radius 3 is 2.47 bits per heavy atom. The molecule has 174 valence electrons. The van der Waals surface area contributed by atoms with Gasteiger partial charge in [-0.25, -0.2) is 8.42 Å². The highest BCUT2D eigenvalue weighted by Crippen LogP contribution is 2.21. The summed E-state index contributed by atoms with van der Waals surface area (Å²) in [7, 11) is -1.85. The second-order valence-electron chi connectivity index (χ2n) is 7.91. The summed E-state index contributed by atoms with van der Waals surface area (Å²) in [6, 6.07) is 14.8. The Bertz CT molecular complexity index is 1000. The van der Waals surface area contributed by atoms with Crippen molar-refractivity contribution < 1.29 is 22.7 Å². The van der Waals surface area contributed by atoms with Gasteiger partial charge in [0.25, 0.3) is 5.91 Å². The normalized spacial score (nSPS) is 15.7. The van der Waals surface area contributed by atoms with Gasteiger partial charge in [-0.05, 0) is 42.3 Å². The zero-order chi connectivity index (χ0) is 23.1. The molecule has 3 rings (SSSR count). The molecule has 1 saturated heterocycles. The number of carbonyl (C=O) groups is 1. The SMILES string of the molecule is C[C@H](Oc1ccc(N(C)S(C)(=O)=O)cc1)C(=O)NCc1cccc(CN2CCOCC2)c1. The molecule has 1 amide bonds. The Morgan fingerprint density at radius 2 is 1.81 bits per heavy atom. The van der Waals surface area contributed by atoms with Gasteiger partial charge in [0.15, 0.2) is 6.10 Å². The van der Waals surface area contributed by atoms with Gasteiger partial charge in [0, 0.05) is 33.2 Å². The standard InChI is InChI=1S/C23H31N3O5S/c1-18(31-22-9-7-21(8-10-22)25(2)32(3,28)29)23(27)24-16-19-5-4-6-20(15-19)17-26-11-13-30-14-12-26/h4-10,15,18H,11-14,16-17H2,1-3H3,(H,24,27)/t18-/m0/s1. The van der Waals surface area contributed by atoms with E-state index in [1.54, 1.807) is 31.2 Å². The van der Waals surface area contributed by atoms with Gasteiger partial charge in [-0.3, -0.25) is 14.0 Å². The Morgan fingerprint density at radius 1 is 1.16 bits per heavy atom. The fraction of sp³-hybridized carbons (Fsp3) is 0.435. The van der Waals surface area contributed by atoms with Crippen LogP contribution in [0.4, 0.5) is 5.69 Å². The average molecular weight is 462 g/mol. The van der Waals surface area contributed by atoms with Gasteiger partial charge in [0.05, 0.1) is 25.2 Å². The second kappa shape index (κ2) is 10.8. The minimum absolute atomic E-state index is 0.221. The Hall–Kier alpha value is -2.62. The van der Waals surface area contributed by atoms with E-state index in [2.05, 4.69) is 22.3 Å². The van der Waals surface area contributed by atoms with Crippen molar-refractivity contribution in [3.63, 3.8) is 0 Å². The third kappa shape index (κ3) is 6.94. The van der Waals surface area contributed by atoms with Crippen LogP contribution in [0.25, 0.3) is 0 Å². The summed E-state index contributed by atoms with van der Waals surface area (Å²) in [5.74, 6) is 0.270. The topological polar surface area (TPSA) is 88.2 Å². The summed E-state index contributed by atoms with van der Waals surface area (Å²) in [5.41, 5.74) is 2.76. The van der Waals surface area contributed by atoms with Crippen LogP contribution in [0.2, 0.25) is 0 Å². The van der Waals surface area contributed by atoms with Crippen molar-refractivity contribution in [2.45, 2.75) is 26.1 Å². The van der Waals surface area contributed by atoms with E-state index < -0.39 is 16.1 Å². The number of sulfonamides is 1. The van der Waals surface area contributed by atoms with Crippen LogP contribution in [-0.4, -0.2) is 64.9 Å². The Labute approximate surface area is 190 Å². The van der Waals surface area contributed by atoms with Crippen molar-refractivity contribution in [1.82, 2.24) is 10.2 Å². The van der Waals surface area contributed by atoms with Crippen molar-refractivity contribution in [3.8, 4) is 5.75 Å². The fourth-order valence-electron chi connectivity index (χ4n) is 3.37. The smallest absolute Gasteiger partial charge is 0.261 e. The fourth-order valence-corrected chi connectivity index (χ4v) is 3.88. The largest absolute Gasteiger partial charge is 0.481 e. The van der Waals surface area contributed by atoms with Gasteiger partial charge in [-0.1, -0.05) is 24.3 Å². The second-order valence-corrected chi connectivity index (χ2v) is 9.92. The number of hydrogen-bond acceptors (Lipinski definition) is 6. The number of rotatable bonds is 9. The number of amides is 1. The lowest BCUT2D eigenvalue weighted by atomic mass is 10.1. The third-order valence-electron chi connectivity index (χ3n) is 5.35. The maximum absolute atomic E-state index is 12.5. The molecule has 2 aromatic carbocycles. The molecule has 0 radical (unpaired) electrons. The molecule has 0 aromatic heterocycles. The number of carbonyl (C=O) groups excluding carboxylic acids is 1. The Kier molecular flexibility index (Phi) is 8.11. The van der Waals surface area contributed by atoms with Gasteiger partial charge in [0.1, 0.15) is 5.75 Å². The summed E-state index contributed by atoms with van der Waals surface area (Å²) in [6.07, 6.45) is 0.451. The first kappa shape index (κ1) is 24.0. The lowest BCUT2D eigenvalue weighted by Crippen LogP contribution is -2.36. The summed E-state index contributed by atoms with van der Waals surface area (Å²) in [4.78, 5) is 14.8. The van der Waals surface area contributed by atoms with Crippen LogP contribution in [0.15, 0.2) is 48.5 Å². The lowest BCUT2D eigenvalue weighted by Gasteiger charge is -2.26. The highest BCUT2D eigenvalue weighted by Gasteiger charge is 2.16. The molecule has 1 aliphatic heterocycles. The van der Waals surface area contributed by atoms with Gasteiger partial charge in [-0.15, -0.1) is 0 Å². The summed E-state index contributed by atoms with van der Waals surface area (Å²) in [5, 5.41) is 2.91. The molecule has 32 heavy (non-hydrogen) atoms. The lowest BCUT2D eigenvalue weighted by molar-refractivity contribution is -0.127. The highest BCUT2D eigenvalue weighted by molar-refractivity contribution is 7.92. The molecule has 0 aliphatic carbocycles. The van der Waals surface area contributed by atoms with Crippen LogP contribution in [0.1, 0.15) is 18.1 Å². The van der Waals surface area contributed by atoms with Gasteiger partial charge < -0.3 is 14.8 Å². The van der Waals surface area contributed by atoms with Crippen molar-refractivity contribution in [2.75, 3.05) is 43.9 Å². The summed E-state index contributed by atoms with van der Waals surface area (Å²) < 4.78 is 35.5. The molecular weight excluding hydrogens is 430 g/mol. The van der Waals surface area contributed by atoms with E-state index in [0.29, 0.717) is 18.0 Å². The quantitative estimate of drug-likeness (QED) is 0.615. The molecule has 2 aromatic rings. The molecule has 0 bridgehead atoms. The highest BCUT2D eigenvalue weighted by atomic mass is 32.2. The van der Waals surface area contributed by atoms with E-state index in [1.807, 2.05) is 12.1 Å². The van der Waals surface area contributed by atoms with E-state index in [-0.39, 0.29) is 5.91 Å². The summed E-state index contributed by atoms with van der Waals surface area (Å²) in [6.45, 7) is 6.37. The van der Waals surface area contributed by atoms with Crippen LogP contribution in [0, 0.1) is 0 Å². The monoisotopic (exact) mass is 461 g/mol. The molecule has 8 nitrogen and oxygen atoms in total. The van der Waals surface area contributed by atoms with Crippen LogP contribution in [0.5, 0.6) is 5.75 Å². The molecule has 1 heterocycles. The molecule has 1 fully saturated rings. The molecule has 0 spiro atoms. The van der Waals surface area contributed by atoms with E-state index >= 15 is 0 Å². The maximum Gasteiger partial charge on any atom is 0.261 e. The van der Waals surface area contributed by atoms with E-state index in [9.17, 15) is 13.2 Å². The molecule has 9 heteroatoms. The average Bonchev–Trinajstić information content (AvgIpc) is 2.78. The number of ether oxygens (including phenoxy) is 2. The molecular formula is C23H31N3O5S. The number of morpholine rings is 1. The van der Waals surface area contributed by atoms with Crippen LogP contribution >= 0.6 is 0 Å². The minimum atomic E-state index is -3.33. The molecule has 1 atom stereocenters. The predicted octanol–water partition coefficient (Wildman–Crippen LogP) is 2.00. The first-order valence-electron chi connectivity index (χ1n) is 10.6. The van der Waals surface area contributed by atoms with Crippen molar-refractivity contribution >= 4 is 21.6 Å². The van der Waals surface area contributed by atoms with Gasteiger partial charge in [-0.2, -0.15) is 0 Å². The first-order valence-corrected chi connectivity index (χ1v) is 12.4. The van der Waals surface area contributed by atoms with E-state index in [4.69, 9.17) is 9.47 Å². The zero-order valence-electron chi connectivity index (χ0n) is 18.8. The molecule has 0 saturated carbocycles. The van der Waals surface area contributed by atoms with E-state index in [0.717, 1.165) is 44.7 Å². The van der Waals surface area contributed by atoms with Crippen molar-refractivity contribution in [1.29, 1.82) is 0 Å². The van der Waals surface area contributed by atoms with E-state index in [1.165, 1.54) is 16.9 Å². The summed E-state index contributed by atoms with van der Waals surface area (Å²) >= 11 is 0. The van der Waals surface area contributed by atoms with Crippen LogP contribution < -0.4 is 14.4 Å². The van der Waals surface area contributed by atoms with Gasteiger partial charge in [0.2, 0.25) is 10.0 Å². The predicted molar refractivity (Wildman–Crippen MR) is 124 cm³/mol. The number of anilines is 1. The van der Waals surface area contributed by atoms with Crippen molar-refractivity contribution in [2.24, 2.45) is 0 Å². The first-order chi connectivity index (χ1) is 15.2. The number of nitrogens with zero attached hydrogens (tertiary/aromatic N) is 2. The number of nitrogens with one attached hydrogen (secondary N) is 1. The molecule has 1 aliphatic rings. The Balaban J connectivity index is 1.50. The number of benzene rings is 2. The van der Waals surface area contributed by atoms with Crippen molar-refractivity contribution in [3.05, 3.63) is 59.7 Å². The maximum atomic E-state index is 12.5. The number of hydrogen-bond donors (Lipinski definition) is 1. The molecule has 0 unspecified atom stereocenters. The minimum Gasteiger partial charge on any atom is -0.481 e.